The van der Waals surface area contributed by atoms with E-state index in [1.165, 1.54) is 47.9 Å². The number of carboxylic acids is 5. The van der Waals surface area contributed by atoms with Gasteiger partial charge in [-0.25, -0.2) is 0 Å². The van der Waals surface area contributed by atoms with E-state index in [0.717, 1.165) is 6.92 Å². The number of amides is 13. The highest BCUT2D eigenvalue weighted by molar-refractivity contribution is 7.98. The van der Waals surface area contributed by atoms with Crippen LogP contribution in [0.15, 0.2) is 24.3 Å². The molecule has 0 spiro atoms. The lowest BCUT2D eigenvalue weighted by Crippen LogP contribution is -2.60. The Morgan fingerprint density at radius 3 is 1.34 bits per heavy atom. The monoisotopic (exact) mass is 1580 g/mol. The summed E-state index contributed by atoms with van der Waals surface area (Å²) >= 11 is 1.33. The first-order valence-electron chi connectivity index (χ1n) is 36.2. The zero-order valence-electron chi connectivity index (χ0n) is 63.0. The Morgan fingerprint density at radius 1 is 0.491 bits per heavy atom. The average molecular weight is 1580 g/mol. The smallest absolute Gasteiger partial charge is 0.303 e. The molecule has 2 rings (SSSR count). The number of hydrogen-bond acceptors (Lipinski definition) is 22. The van der Waals surface area contributed by atoms with Crippen LogP contribution in [0.1, 0.15) is 173 Å². The van der Waals surface area contributed by atoms with Crippen LogP contribution in [0.3, 0.4) is 0 Å². The van der Waals surface area contributed by atoms with Gasteiger partial charge in [0.1, 0.15) is 67.0 Å². The van der Waals surface area contributed by atoms with Crippen molar-refractivity contribution in [3.8, 4) is 0 Å². The Kier molecular flexibility index (Phi) is 44.5. The fourth-order valence-corrected chi connectivity index (χ4v) is 11.8. The molecule has 1 aliphatic heterocycles. The maximum atomic E-state index is 14.5. The van der Waals surface area contributed by atoms with Gasteiger partial charge < -0.3 is 105 Å². The van der Waals surface area contributed by atoms with Gasteiger partial charge in [0.05, 0.1) is 13.2 Å². The van der Waals surface area contributed by atoms with E-state index in [1.54, 1.807) is 20.1 Å². The number of nitrogens with zero attached hydrogens (tertiary/aromatic N) is 1. The van der Waals surface area contributed by atoms with E-state index in [-0.39, 0.29) is 93.8 Å². The van der Waals surface area contributed by atoms with Gasteiger partial charge in [-0.05, 0) is 129 Å². The van der Waals surface area contributed by atoms with Crippen molar-refractivity contribution in [1.82, 2.24) is 68.7 Å². The maximum absolute atomic E-state index is 14.5. The van der Waals surface area contributed by atoms with E-state index in [9.17, 15) is 117 Å². The predicted molar refractivity (Wildman–Crippen MR) is 392 cm³/mol. The number of ether oxygens (including phenoxy) is 1. The van der Waals surface area contributed by atoms with Crippen molar-refractivity contribution >= 4 is 124 Å². The van der Waals surface area contributed by atoms with Gasteiger partial charge in [0.25, 0.3) is 0 Å². The third-order valence-electron chi connectivity index (χ3n) is 16.8. The van der Waals surface area contributed by atoms with Crippen molar-refractivity contribution in [2.45, 2.75) is 230 Å². The second-order valence-corrected chi connectivity index (χ2v) is 27.9. The number of nitrogens with two attached hydrogens (primary N) is 1. The van der Waals surface area contributed by atoms with Gasteiger partial charge in [-0.2, -0.15) is 11.8 Å². The largest absolute Gasteiger partial charge is 0.481 e. The summed E-state index contributed by atoms with van der Waals surface area (Å²) in [5, 5.41) is 77.6. The molecule has 1 aromatic carbocycles. The minimum atomic E-state index is -1.95. The minimum Gasteiger partial charge on any atom is -0.481 e. The third kappa shape index (κ3) is 38.6. The molecular weight excluding hydrogens is 1470 g/mol. The summed E-state index contributed by atoms with van der Waals surface area (Å²) in [6, 6.07) is -9.42. The van der Waals surface area contributed by atoms with Crippen molar-refractivity contribution in [1.29, 1.82) is 0 Å². The number of rotatable bonds is 55. The van der Waals surface area contributed by atoms with E-state index >= 15 is 0 Å². The van der Waals surface area contributed by atoms with E-state index in [0.29, 0.717) is 24.8 Å². The highest BCUT2D eigenvalue weighted by atomic mass is 32.2. The van der Waals surface area contributed by atoms with Crippen LogP contribution in [0, 0.1) is 5.92 Å². The first kappa shape index (κ1) is 95.7. The molecular formula is C70H108N14O25S. The summed E-state index contributed by atoms with van der Waals surface area (Å²) in [5.41, 5.74) is 6.23. The lowest BCUT2D eigenvalue weighted by molar-refractivity contribution is -0.142. The standard InChI is InChI=1S/C70H108N14O25S/c1-38(2)33-50(62(100)73-35-54(87)76-52(37-110-7)69(107)74-39(3)4)83-70(108)53-16-12-31-84(53)55(88)36-109-32-30-72-61(99)51(34-42-19-21-43(22-20-42)40(5)85)82-65(103)46(15-11-18-57(91)92)78-66(104)47(23-26-58(93)94)80-64(102)45(14-10-17-56(89)90)77-67(105)48(24-27-59(95)96)81-68(106)49(25-28-60(97)98)79-63(101)44(75-41(6)86)13-8-9-29-71/h19-22,38-39,44-53H,8-18,23-37,71H2,1-7H3,(H,72,99)(H,73,100)(H,74,107)(H,75,86)(H,76,87)(H,77,105)(H,78,104)(H,79,101)(H,80,102)(H,81,106)(H,82,103)(H,83,108)(H,89,90)(H,91,92)(H,93,94)(H,95,96)(H,97,98)/t44-,45-,46-,47-,48-,49-,50+,51+,52?,53?/m1/s1. The Hall–Kier alpha value is -10.4. The molecule has 1 aliphatic rings. The highest BCUT2D eigenvalue weighted by Crippen LogP contribution is 2.20. The van der Waals surface area contributed by atoms with Crippen LogP contribution < -0.4 is 69.5 Å². The summed E-state index contributed by atoms with van der Waals surface area (Å²) < 4.78 is 5.63. The number of Topliss-reactive ketones (excluding diaryl/α,β-unsaturated/α-hetero) is 1. The SMILES string of the molecule is CSCC(NC(=O)CNC(=O)[C@H](CC(C)C)NC(=O)C1CCCN1C(=O)COCCNC(=O)[C@H](Cc1ccc(C(C)=O)cc1)NC(=O)[C@@H](CCCC(=O)O)NC(=O)[C@@H](CCC(=O)O)NC(=O)[C@@H](CCCC(=O)O)NC(=O)[C@@H](CCC(=O)O)NC(=O)[C@@H](CCC(=O)O)NC(=O)[C@@H](CCCCN)NC(C)=O)C(=O)NC(C)C. The number of thioether (sulfide) groups is 1. The Morgan fingerprint density at radius 2 is 0.918 bits per heavy atom. The molecule has 0 aromatic heterocycles. The van der Waals surface area contributed by atoms with Gasteiger partial charge in [0, 0.05) is 75.9 Å². The predicted octanol–water partition coefficient (Wildman–Crippen LogP) is -2.78. The first-order chi connectivity index (χ1) is 51.8. The van der Waals surface area contributed by atoms with Crippen molar-refractivity contribution in [2.75, 3.05) is 51.4 Å². The van der Waals surface area contributed by atoms with Crippen molar-refractivity contribution < 1.29 is 121 Å². The average Bonchev–Trinajstić information content (AvgIpc) is 1.61. The van der Waals surface area contributed by atoms with E-state index in [4.69, 9.17) is 10.5 Å². The molecule has 614 valence electrons. The Labute approximate surface area is 640 Å². The van der Waals surface area contributed by atoms with Crippen LogP contribution in [0.2, 0.25) is 0 Å². The van der Waals surface area contributed by atoms with Gasteiger partial charge >= 0.3 is 29.8 Å². The summed E-state index contributed by atoms with van der Waals surface area (Å²) in [6.07, 6.45) is -4.46. The lowest BCUT2D eigenvalue weighted by atomic mass is 10.0. The molecule has 0 bridgehead atoms. The zero-order valence-corrected chi connectivity index (χ0v) is 63.8. The summed E-state index contributed by atoms with van der Waals surface area (Å²) in [5.74, 6) is -19.0. The van der Waals surface area contributed by atoms with Crippen molar-refractivity contribution in [2.24, 2.45) is 11.7 Å². The molecule has 0 radical (unpaired) electrons. The fraction of sp³-hybridized carbons (Fsp3) is 0.643. The number of carboxylic acid groups (broad SMARTS) is 5. The summed E-state index contributed by atoms with van der Waals surface area (Å²) in [7, 11) is 0. The molecule has 0 saturated carbocycles. The fourth-order valence-electron chi connectivity index (χ4n) is 11.2. The first-order valence-corrected chi connectivity index (χ1v) is 37.6. The van der Waals surface area contributed by atoms with Crippen molar-refractivity contribution in [3.05, 3.63) is 35.4 Å². The molecule has 39 nitrogen and oxygen atoms in total. The van der Waals surface area contributed by atoms with Crippen LogP contribution in [-0.2, 0) is 97.5 Å². The topological polar surface area (TPSA) is 608 Å². The van der Waals surface area contributed by atoms with Gasteiger partial charge in [0.2, 0.25) is 76.8 Å². The number of unbranched alkanes of at least 4 members (excludes halogenated alkanes) is 1. The van der Waals surface area contributed by atoms with Crippen molar-refractivity contribution in [3.63, 3.8) is 0 Å². The van der Waals surface area contributed by atoms with E-state index in [1.807, 2.05) is 13.8 Å². The van der Waals surface area contributed by atoms with Gasteiger partial charge in [-0.1, -0.05) is 38.1 Å². The number of benzene rings is 1. The number of likely N-dealkylation sites (tertiary alicyclic amines) is 1. The molecule has 10 atom stereocenters. The zero-order chi connectivity index (χ0) is 82.7. The van der Waals surface area contributed by atoms with Crippen LogP contribution in [-0.4, -0.2) is 261 Å². The molecule has 1 fully saturated rings. The Bertz CT molecular complexity index is 3360. The number of hydrogen-bond donors (Lipinski definition) is 18. The molecule has 1 heterocycles. The number of ketones is 1. The van der Waals surface area contributed by atoms with Crippen LogP contribution in [0.4, 0.5) is 0 Å². The Balaban J connectivity index is 2.45. The molecule has 1 saturated heterocycles. The maximum Gasteiger partial charge on any atom is 0.303 e. The van der Waals surface area contributed by atoms with E-state index < -0.39 is 244 Å². The number of aliphatic carboxylic acids is 5. The highest BCUT2D eigenvalue weighted by Gasteiger charge is 2.38. The minimum absolute atomic E-state index is 0.0295. The number of nitrogens with one attached hydrogen (secondary N) is 12. The van der Waals surface area contributed by atoms with Crippen LogP contribution in [0.25, 0.3) is 0 Å². The molecule has 40 heteroatoms. The van der Waals surface area contributed by atoms with E-state index in [2.05, 4.69) is 63.8 Å². The second-order valence-electron chi connectivity index (χ2n) is 27.0. The van der Waals surface area contributed by atoms with Crippen LogP contribution >= 0.6 is 11.8 Å². The molecule has 1 aromatic rings. The number of carbonyl (C=O) groups excluding carboxylic acids is 14. The van der Waals surface area contributed by atoms with Gasteiger partial charge in [0.15, 0.2) is 5.78 Å². The van der Waals surface area contributed by atoms with Crippen LogP contribution in [0.5, 0.6) is 0 Å². The van der Waals surface area contributed by atoms with Gasteiger partial charge in [-0.3, -0.25) is 91.1 Å². The number of carbonyl (C=O) groups is 19. The lowest BCUT2D eigenvalue weighted by Gasteiger charge is -2.28. The molecule has 0 aliphatic carbocycles. The third-order valence-corrected chi connectivity index (χ3v) is 17.4. The summed E-state index contributed by atoms with van der Waals surface area (Å²) in [4.78, 5) is 250. The molecule has 2 unspecified atom stereocenters. The normalized spacial score (nSPS) is 14.9. The molecule has 13 amide bonds. The second kappa shape index (κ2) is 51.1. The molecule has 19 N–H and O–H groups in total. The summed E-state index contributed by atoms with van der Waals surface area (Å²) in [6.45, 7) is 8.20. The quantitative estimate of drug-likeness (QED) is 0.0232. The molecule has 110 heavy (non-hydrogen) atoms. The van der Waals surface area contributed by atoms with Gasteiger partial charge in [-0.15, -0.1) is 0 Å².